The van der Waals surface area contributed by atoms with Crippen LogP contribution in [0.5, 0.6) is 5.75 Å². The zero-order chi connectivity index (χ0) is 14.5. The van der Waals surface area contributed by atoms with Crippen molar-refractivity contribution < 1.29 is 4.74 Å². The Hall–Kier alpha value is -1.06. The molecule has 2 rings (SSSR count). The average molecular weight is 276 g/mol. The predicted molar refractivity (Wildman–Crippen MR) is 84.0 cm³/mol. The smallest absolute Gasteiger partial charge is 0.119 e. The van der Waals surface area contributed by atoms with Gasteiger partial charge in [-0.05, 0) is 56.8 Å². The third-order valence-corrected chi connectivity index (χ3v) is 4.57. The van der Waals surface area contributed by atoms with Crippen molar-refractivity contribution in [1.29, 1.82) is 0 Å². The van der Waals surface area contributed by atoms with Crippen molar-refractivity contribution in [2.24, 2.45) is 11.7 Å². The van der Waals surface area contributed by atoms with Crippen molar-refractivity contribution >= 4 is 0 Å². The van der Waals surface area contributed by atoms with Crippen LogP contribution in [0.3, 0.4) is 0 Å². The summed E-state index contributed by atoms with van der Waals surface area (Å²) in [6, 6.07) is 9.43. The van der Waals surface area contributed by atoms with Gasteiger partial charge in [0, 0.05) is 18.6 Å². The van der Waals surface area contributed by atoms with E-state index >= 15 is 0 Å². The first-order valence-electron chi connectivity index (χ1n) is 7.86. The number of benzene rings is 1. The summed E-state index contributed by atoms with van der Waals surface area (Å²) >= 11 is 0. The fourth-order valence-corrected chi connectivity index (χ4v) is 3.33. The summed E-state index contributed by atoms with van der Waals surface area (Å²) in [5.41, 5.74) is 7.35. The van der Waals surface area contributed by atoms with Crippen LogP contribution in [-0.4, -0.2) is 30.6 Å². The number of rotatable bonds is 5. The van der Waals surface area contributed by atoms with E-state index in [2.05, 4.69) is 43.0 Å². The highest BCUT2D eigenvalue weighted by Gasteiger charge is 2.30. The standard InChI is InChI=1S/C17H28N2O/c1-4-20-16-9-7-15(8-10-16)14(3)19-11-5-6-13(2)17(19)12-18/h7-10,13-14,17H,4-6,11-12,18H2,1-3H3. The molecular formula is C17H28N2O. The van der Waals surface area contributed by atoms with Gasteiger partial charge in [-0.25, -0.2) is 0 Å². The Morgan fingerprint density at radius 2 is 2.05 bits per heavy atom. The van der Waals surface area contributed by atoms with Crippen molar-refractivity contribution in [3.8, 4) is 5.75 Å². The number of ether oxygens (including phenoxy) is 1. The Labute approximate surface area is 123 Å². The number of piperidine rings is 1. The normalized spacial score (nSPS) is 25.4. The third kappa shape index (κ3) is 3.33. The Kier molecular flexibility index (Phi) is 5.44. The summed E-state index contributed by atoms with van der Waals surface area (Å²) in [6.07, 6.45) is 2.58. The van der Waals surface area contributed by atoms with Crippen LogP contribution in [0.15, 0.2) is 24.3 Å². The number of likely N-dealkylation sites (tertiary alicyclic amines) is 1. The maximum Gasteiger partial charge on any atom is 0.119 e. The summed E-state index contributed by atoms with van der Waals surface area (Å²) in [5.74, 6) is 1.64. The molecule has 0 bridgehead atoms. The number of nitrogens with two attached hydrogens (primary N) is 1. The van der Waals surface area contributed by atoms with Crippen molar-refractivity contribution in [2.75, 3.05) is 19.7 Å². The summed E-state index contributed by atoms with van der Waals surface area (Å²) in [7, 11) is 0. The summed E-state index contributed by atoms with van der Waals surface area (Å²) in [5, 5.41) is 0. The lowest BCUT2D eigenvalue weighted by atomic mass is 9.88. The molecule has 1 saturated heterocycles. The summed E-state index contributed by atoms with van der Waals surface area (Å²) < 4.78 is 5.51. The first kappa shape index (κ1) is 15.3. The lowest BCUT2D eigenvalue weighted by Gasteiger charge is -2.43. The van der Waals surface area contributed by atoms with Gasteiger partial charge in [-0.15, -0.1) is 0 Å². The van der Waals surface area contributed by atoms with Gasteiger partial charge in [0.1, 0.15) is 5.75 Å². The molecule has 0 aromatic heterocycles. The van der Waals surface area contributed by atoms with Gasteiger partial charge in [0.15, 0.2) is 0 Å². The van der Waals surface area contributed by atoms with E-state index in [0.29, 0.717) is 24.6 Å². The highest BCUT2D eigenvalue weighted by Crippen LogP contribution is 2.31. The molecule has 1 aromatic carbocycles. The summed E-state index contributed by atoms with van der Waals surface area (Å²) in [6.45, 7) is 9.25. The fraction of sp³-hybridized carbons (Fsp3) is 0.647. The zero-order valence-electron chi connectivity index (χ0n) is 13.0. The maximum atomic E-state index is 6.00. The lowest BCUT2D eigenvalue weighted by molar-refractivity contribution is 0.0689. The van der Waals surface area contributed by atoms with E-state index in [1.54, 1.807) is 0 Å². The minimum atomic E-state index is 0.418. The second kappa shape index (κ2) is 7.09. The third-order valence-electron chi connectivity index (χ3n) is 4.57. The molecule has 0 spiro atoms. The van der Waals surface area contributed by atoms with E-state index < -0.39 is 0 Å². The maximum absolute atomic E-state index is 6.00. The van der Waals surface area contributed by atoms with Crippen molar-refractivity contribution in [3.63, 3.8) is 0 Å². The first-order valence-corrected chi connectivity index (χ1v) is 7.86. The number of nitrogens with zero attached hydrogens (tertiary/aromatic N) is 1. The first-order chi connectivity index (χ1) is 9.67. The molecule has 1 fully saturated rings. The van der Waals surface area contributed by atoms with E-state index in [1.165, 1.54) is 18.4 Å². The molecule has 2 N–H and O–H groups in total. The number of hydrogen-bond donors (Lipinski definition) is 1. The predicted octanol–water partition coefficient (Wildman–Crippen LogP) is 3.21. The van der Waals surface area contributed by atoms with E-state index in [0.717, 1.165) is 18.8 Å². The molecular weight excluding hydrogens is 248 g/mol. The Bertz CT molecular complexity index is 404. The molecule has 20 heavy (non-hydrogen) atoms. The van der Waals surface area contributed by atoms with E-state index in [4.69, 9.17) is 10.5 Å². The Balaban J connectivity index is 2.10. The van der Waals surface area contributed by atoms with Crippen LogP contribution >= 0.6 is 0 Å². The fourth-order valence-electron chi connectivity index (χ4n) is 3.33. The van der Waals surface area contributed by atoms with Crippen LogP contribution in [0, 0.1) is 5.92 Å². The molecule has 3 unspecified atom stereocenters. The second-order valence-electron chi connectivity index (χ2n) is 5.84. The molecule has 1 heterocycles. The van der Waals surface area contributed by atoms with E-state index in [9.17, 15) is 0 Å². The zero-order valence-corrected chi connectivity index (χ0v) is 13.0. The highest BCUT2D eigenvalue weighted by atomic mass is 16.5. The minimum absolute atomic E-state index is 0.418. The quantitative estimate of drug-likeness (QED) is 0.897. The van der Waals surface area contributed by atoms with Crippen LogP contribution < -0.4 is 10.5 Å². The van der Waals surface area contributed by atoms with Crippen molar-refractivity contribution in [2.45, 2.75) is 45.7 Å². The molecule has 3 heteroatoms. The van der Waals surface area contributed by atoms with Gasteiger partial charge in [-0.1, -0.05) is 19.1 Å². The lowest BCUT2D eigenvalue weighted by Crippen LogP contribution is -2.49. The van der Waals surface area contributed by atoms with Gasteiger partial charge < -0.3 is 10.5 Å². The molecule has 1 aliphatic rings. The second-order valence-corrected chi connectivity index (χ2v) is 5.84. The largest absolute Gasteiger partial charge is 0.494 e. The Morgan fingerprint density at radius 3 is 2.65 bits per heavy atom. The topological polar surface area (TPSA) is 38.5 Å². The minimum Gasteiger partial charge on any atom is -0.494 e. The van der Waals surface area contributed by atoms with Crippen molar-refractivity contribution in [1.82, 2.24) is 4.90 Å². The van der Waals surface area contributed by atoms with Crippen LogP contribution in [0.25, 0.3) is 0 Å². The molecule has 0 radical (unpaired) electrons. The molecule has 3 atom stereocenters. The highest BCUT2D eigenvalue weighted by molar-refractivity contribution is 5.29. The van der Waals surface area contributed by atoms with Crippen LogP contribution in [0.2, 0.25) is 0 Å². The SMILES string of the molecule is CCOc1ccc(C(C)N2CCCC(C)C2CN)cc1. The van der Waals surface area contributed by atoms with Crippen LogP contribution in [0.1, 0.15) is 45.2 Å². The Morgan fingerprint density at radius 1 is 1.35 bits per heavy atom. The molecule has 0 amide bonds. The molecule has 3 nitrogen and oxygen atoms in total. The van der Waals surface area contributed by atoms with Gasteiger partial charge in [-0.3, -0.25) is 4.90 Å². The van der Waals surface area contributed by atoms with E-state index in [-0.39, 0.29) is 0 Å². The summed E-state index contributed by atoms with van der Waals surface area (Å²) in [4.78, 5) is 2.57. The van der Waals surface area contributed by atoms with Gasteiger partial charge in [0.05, 0.1) is 6.61 Å². The van der Waals surface area contributed by atoms with E-state index in [1.807, 2.05) is 6.92 Å². The monoisotopic (exact) mass is 276 g/mol. The van der Waals surface area contributed by atoms with Gasteiger partial charge in [-0.2, -0.15) is 0 Å². The van der Waals surface area contributed by atoms with Crippen LogP contribution in [-0.2, 0) is 0 Å². The van der Waals surface area contributed by atoms with Crippen molar-refractivity contribution in [3.05, 3.63) is 29.8 Å². The average Bonchev–Trinajstić information content (AvgIpc) is 2.47. The molecule has 1 aliphatic heterocycles. The van der Waals surface area contributed by atoms with Gasteiger partial charge >= 0.3 is 0 Å². The van der Waals surface area contributed by atoms with Gasteiger partial charge in [0.25, 0.3) is 0 Å². The number of hydrogen-bond acceptors (Lipinski definition) is 3. The molecule has 112 valence electrons. The molecule has 0 saturated carbocycles. The van der Waals surface area contributed by atoms with Gasteiger partial charge in [0.2, 0.25) is 0 Å². The molecule has 0 aliphatic carbocycles. The molecule has 1 aromatic rings. The van der Waals surface area contributed by atoms with Crippen LogP contribution in [0.4, 0.5) is 0 Å².